The van der Waals surface area contributed by atoms with Gasteiger partial charge in [-0.05, 0) is 76.6 Å². The number of nitrogens with zero attached hydrogens (tertiary/aromatic N) is 4. The van der Waals surface area contributed by atoms with Crippen LogP contribution in [0.5, 0.6) is 0 Å². The van der Waals surface area contributed by atoms with Crippen LogP contribution in [0.3, 0.4) is 0 Å². The molecule has 0 saturated heterocycles. The zero-order valence-corrected chi connectivity index (χ0v) is 23.6. The van der Waals surface area contributed by atoms with E-state index in [0.717, 1.165) is 22.3 Å². The van der Waals surface area contributed by atoms with Gasteiger partial charge in [-0.1, -0.05) is 103 Å². The summed E-state index contributed by atoms with van der Waals surface area (Å²) in [6.45, 7) is 0. The molecule has 0 unspecified atom stereocenters. The van der Waals surface area contributed by atoms with Crippen molar-refractivity contribution in [2.75, 3.05) is 0 Å². The maximum atomic E-state index is 4.38. The molecule has 0 radical (unpaired) electrons. The lowest BCUT2D eigenvalue weighted by Crippen LogP contribution is -1.94. The lowest BCUT2D eigenvalue weighted by molar-refractivity contribution is 1.17. The quantitative estimate of drug-likeness (QED) is 0.159. The van der Waals surface area contributed by atoms with Gasteiger partial charge in [0, 0.05) is 41.5 Å². The molecule has 2 aromatic heterocycles. The Morgan fingerprint density at radius 2 is 0.795 bits per heavy atom. The highest BCUT2D eigenvalue weighted by Crippen LogP contribution is 2.48. The minimum atomic E-state index is 1.01. The van der Waals surface area contributed by atoms with E-state index < -0.39 is 0 Å². The third kappa shape index (κ3) is 3.64. The predicted molar refractivity (Wildman–Crippen MR) is 181 cm³/mol. The molecule has 0 aliphatic carbocycles. The normalized spacial score (nSPS) is 11.6. The van der Waals surface area contributed by atoms with Gasteiger partial charge in [-0.3, -0.25) is 0 Å². The number of hydrogen-bond acceptors (Lipinski definition) is 4. The fourth-order valence-corrected chi connectivity index (χ4v) is 7.00. The molecule has 0 N–H and O–H groups in total. The molecular weight excluding hydrogens is 536 g/mol. The van der Waals surface area contributed by atoms with Crippen molar-refractivity contribution in [1.82, 2.24) is 19.9 Å². The van der Waals surface area contributed by atoms with Crippen LogP contribution in [0.1, 0.15) is 0 Å². The average Bonchev–Trinajstić information content (AvgIpc) is 3.10. The zero-order valence-electron chi connectivity index (χ0n) is 23.6. The van der Waals surface area contributed by atoms with Crippen LogP contribution < -0.4 is 0 Å². The second-order valence-corrected chi connectivity index (χ2v) is 11.1. The van der Waals surface area contributed by atoms with E-state index in [-0.39, 0.29) is 0 Å². The minimum Gasteiger partial charge on any atom is -0.244 e. The topological polar surface area (TPSA) is 51.6 Å². The highest BCUT2D eigenvalue weighted by atomic mass is 14.8. The van der Waals surface area contributed by atoms with E-state index in [9.17, 15) is 0 Å². The molecule has 4 nitrogen and oxygen atoms in total. The van der Waals surface area contributed by atoms with E-state index >= 15 is 0 Å². The van der Waals surface area contributed by atoms with Crippen LogP contribution in [0.4, 0.5) is 0 Å². The number of hydrogen-bond donors (Lipinski definition) is 0. The Morgan fingerprint density at radius 3 is 1.45 bits per heavy atom. The molecule has 0 aliphatic heterocycles. The van der Waals surface area contributed by atoms with Crippen molar-refractivity contribution in [3.8, 4) is 33.4 Å². The largest absolute Gasteiger partial charge is 0.244 e. The lowest BCUT2D eigenvalue weighted by atomic mass is 9.82. The standard InChI is InChI=1S/C40H24N4/c1-2-9-29-25(8-1)18-37-30-15-7-14-28(26-19-41-23-42-20-26)31(30)16-17-36(37)39(29)40-34-12-5-3-10-32(34)38(27-21-43-24-44-22-27)33-11-4-6-13-35(33)40/h1-24H. The third-order valence-corrected chi connectivity index (χ3v) is 8.80. The van der Waals surface area contributed by atoms with Crippen molar-refractivity contribution in [2.45, 2.75) is 0 Å². The van der Waals surface area contributed by atoms with E-state index in [1.54, 1.807) is 12.7 Å². The van der Waals surface area contributed by atoms with Crippen molar-refractivity contribution < 1.29 is 0 Å². The van der Waals surface area contributed by atoms with Crippen molar-refractivity contribution in [3.05, 3.63) is 147 Å². The Bertz CT molecular complexity index is 2480. The van der Waals surface area contributed by atoms with Crippen LogP contribution in [-0.4, -0.2) is 19.9 Å². The molecule has 0 saturated carbocycles. The van der Waals surface area contributed by atoms with Gasteiger partial charge < -0.3 is 0 Å². The summed E-state index contributed by atoms with van der Waals surface area (Å²) in [4.78, 5) is 17.3. The number of aromatic nitrogens is 4. The second kappa shape index (κ2) is 9.79. The maximum absolute atomic E-state index is 4.38. The van der Waals surface area contributed by atoms with Crippen LogP contribution in [0.25, 0.3) is 87.2 Å². The van der Waals surface area contributed by atoms with Crippen LogP contribution in [0, 0.1) is 0 Å². The van der Waals surface area contributed by atoms with Gasteiger partial charge >= 0.3 is 0 Å². The van der Waals surface area contributed by atoms with Crippen molar-refractivity contribution in [2.24, 2.45) is 0 Å². The van der Waals surface area contributed by atoms with Crippen molar-refractivity contribution in [1.29, 1.82) is 0 Å². The summed E-state index contributed by atoms with van der Waals surface area (Å²) < 4.78 is 0. The van der Waals surface area contributed by atoms with E-state index in [0.29, 0.717) is 0 Å². The van der Waals surface area contributed by atoms with Crippen molar-refractivity contribution in [3.63, 3.8) is 0 Å². The number of fused-ring (bicyclic) bond motifs is 6. The Kier molecular flexibility index (Phi) is 5.47. The monoisotopic (exact) mass is 560 g/mol. The fourth-order valence-electron chi connectivity index (χ4n) is 7.00. The van der Waals surface area contributed by atoms with E-state index in [2.05, 4.69) is 129 Å². The van der Waals surface area contributed by atoms with Crippen LogP contribution >= 0.6 is 0 Å². The Labute approximate surface area is 253 Å². The summed E-state index contributed by atoms with van der Waals surface area (Å²) in [6, 6.07) is 39.7. The van der Waals surface area contributed by atoms with Gasteiger partial charge in [0.2, 0.25) is 0 Å². The van der Waals surface area contributed by atoms with Crippen LogP contribution in [0.2, 0.25) is 0 Å². The summed E-state index contributed by atoms with van der Waals surface area (Å²) in [5.41, 5.74) is 6.80. The van der Waals surface area contributed by atoms with Gasteiger partial charge in [-0.2, -0.15) is 0 Å². The Morgan fingerprint density at radius 1 is 0.318 bits per heavy atom. The summed E-state index contributed by atoms with van der Waals surface area (Å²) >= 11 is 0. The van der Waals surface area contributed by atoms with Gasteiger partial charge in [-0.15, -0.1) is 0 Å². The molecule has 0 spiro atoms. The SMILES string of the molecule is c1ccc2c(-c3c4ccccc4c(-c4cncnc4)c4ccccc34)c3ccc4c(-c5cncnc5)cccc4c3cc2c1. The summed E-state index contributed by atoms with van der Waals surface area (Å²) in [5.74, 6) is 0. The van der Waals surface area contributed by atoms with E-state index in [1.165, 1.54) is 65.0 Å². The highest BCUT2D eigenvalue weighted by Gasteiger charge is 2.21. The van der Waals surface area contributed by atoms with Gasteiger partial charge in [0.1, 0.15) is 12.7 Å². The molecule has 7 aromatic carbocycles. The molecule has 9 aromatic rings. The molecule has 0 fully saturated rings. The predicted octanol–water partition coefficient (Wildman–Crippen LogP) is 10.0. The van der Waals surface area contributed by atoms with Gasteiger partial charge in [0.05, 0.1) is 0 Å². The molecule has 44 heavy (non-hydrogen) atoms. The molecular formula is C40H24N4. The van der Waals surface area contributed by atoms with Gasteiger partial charge in [0.15, 0.2) is 0 Å². The highest BCUT2D eigenvalue weighted by molar-refractivity contribution is 6.29. The van der Waals surface area contributed by atoms with Crippen molar-refractivity contribution >= 4 is 53.9 Å². The number of benzene rings is 7. The molecule has 0 amide bonds. The first-order chi connectivity index (χ1) is 21.9. The van der Waals surface area contributed by atoms with Gasteiger partial charge in [-0.25, -0.2) is 19.9 Å². The Balaban J connectivity index is 1.48. The Hall–Kier alpha value is -6.00. The summed E-state index contributed by atoms with van der Waals surface area (Å²) in [6.07, 6.45) is 10.8. The van der Waals surface area contributed by atoms with E-state index in [4.69, 9.17) is 0 Å². The number of rotatable bonds is 3. The average molecular weight is 561 g/mol. The fraction of sp³-hybridized carbons (Fsp3) is 0. The third-order valence-electron chi connectivity index (χ3n) is 8.80. The smallest absolute Gasteiger partial charge is 0.115 e. The minimum absolute atomic E-state index is 1.01. The maximum Gasteiger partial charge on any atom is 0.115 e. The first-order valence-corrected chi connectivity index (χ1v) is 14.7. The molecule has 9 rings (SSSR count). The van der Waals surface area contributed by atoms with Crippen LogP contribution in [0.15, 0.2) is 147 Å². The summed E-state index contributed by atoms with van der Waals surface area (Å²) in [7, 11) is 0. The molecule has 0 atom stereocenters. The lowest BCUT2D eigenvalue weighted by Gasteiger charge is -2.21. The van der Waals surface area contributed by atoms with Gasteiger partial charge in [0.25, 0.3) is 0 Å². The van der Waals surface area contributed by atoms with Crippen LogP contribution in [-0.2, 0) is 0 Å². The molecule has 204 valence electrons. The second-order valence-electron chi connectivity index (χ2n) is 11.1. The summed E-state index contributed by atoms with van der Waals surface area (Å²) in [5, 5.41) is 12.1. The first kappa shape index (κ1) is 24.6. The first-order valence-electron chi connectivity index (χ1n) is 14.7. The molecule has 2 heterocycles. The molecule has 4 heteroatoms. The molecule has 0 aliphatic rings. The molecule has 0 bridgehead atoms. The zero-order chi connectivity index (χ0) is 29.0. The van der Waals surface area contributed by atoms with E-state index in [1.807, 2.05) is 24.8 Å².